The summed E-state index contributed by atoms with van der Waals surface area (Å²) >= 11 is 1.70. The average Bonchev–Trinajstić information content (AvgIpc) is 2.64. The molecule has 7 heteroatoms. The first-order chi connectivity index (χ1) is 9.20. The summed E-state index contributed by atoms with van der Waals surface area (Å²) < 4.78 is 2.23. The van der Waals surface area contributed by atoms with Crippen molar-refractivity contribution in [2.24, 2.45) is 5.84 Å². The molecule has 0 radical (unpaired) electrons. The minimum atomic E-state index is -0.118. The molecular weight excluding hydrogens is 262 g/mol. The van der Waals surface area contributed by atoms with Gasteiger partial charge in [-0.05, 0) is 19.3 Å². The number of fused-ring (bicyclic) bond motifs is 1. The molecule has 0 aliphatic carbocycles. The van der Waals surface area contributed by atoms with Crippen molar-refractivity contribution in [3.8, 4) is 0 Å². The Bertz CT molecular complexity index is 434. The van der Waals surface area contributed by atoms with Crippen LogP contribution in [0.15, 0.2) is 5.16 Å². The van der Waals surface area contributed by atoms with Gasteiger partial charge in [0.05, 0.1) is 0 Å². The lowest BCUT2D eigenvalue weighted by atomic mass is 10.2. The molecule has 0 spiro atoms. The van der Waals surface area contributed by atoms with Gasteiger partial charge in [0.2, 0.25) is 5.91 Å². The third-order valence-corrected chi connectivity index (χ3v) is 4.47. The number of aromatic nitrogens is 3. The Morgan fingerprint density at radius 1 is 1.47 bits per heavy atom. The minimum Gasteiger partial charge on any atom is -0.306 e. The SMILES string of the molecule is CC(CCC(=O)NN)Sc1nnc2n1CCCCC2. The summed E-state index contributed by atoms with van der Waals surface area (Å²) in [7, 11) is 0. The standard InChI is InChI=1S/C12H21N5OS/c1-9(6-7-11(18)14-13)19-12-16-15-10-5-3-2-4-8-17(10)12/h9H,2-8,13H2,1H3,(H,14,18). The van der Waals surface area contributed by atoms with Gasteiger partial charge in [-0.1, -0.05) is 25.1 Å². The van der Waals surface area contributed by atoms with Crippen LogP contribution in [0.1, 0.15) is 44.9 Å². The van der Waals surface area contributed by atoms with E-state index in [4.69, 9.17) is 5.84 Å². The number of hydrogen-bond donors (Lipinski definition) is 2. The number of carbonyl (C=O) groups excluding carboxylic acids is 1. The van der Waals surface area contributed by atoms with Crippen molar-refractivity contribution < 1.29 is 4.79 Å². The molecule has 3 N–H and O–H groups in total. The molecule has 106 valence electrons. The molecule has 0 saturated carbocycles. The summed E-state index contributed by atoms with van der Waals surface area (Å²) in [6, 6.07) is 0. The molecule has 1 aliphatic rings. The Morgan fingerprint density at radius 2 is 2.32 bits per heavy atom. The highest BCUT2D eigenvalue weighted by molar-refractivity contribution is 7.99. The number of hydrazine groups is 1. The molecule has 1 amide bonds. The van der Waals surface area contributed by atoms with Crippen molar-refractivity contribution in [1.29, 1.82) is 0 Å². The van der Waals surface area contributed by atoms with Crippen molar-refractivity contribution in [1.82, 2.24) is 20.2 Å². The zero-order valence-corrected chi connectivity index (χ0v) is 12.1. The summed E-state index contributed by atoms with van der Waals surface area (Å²) in [6.07, 6.45) is 5.93. The van der Waals surface area contributed by atoms with Crippen molar-refractivity contribution in [2.75, 3.05) is 0 Å². The number of rotatable bonds is 5. The van der Waals surface area contributed by atoms with Crippen molar-refractivity contribution in [3.63, 3.8) is 0 Å². The maximum Gasteiger partial charge on any atom is 0.233 e. The molecular formula is C12H21N5OS. The summed E-state index contributed by atoms with van der Waals surface area (Å²) in [6.45, 7) is 3.12. The van der Waals surface area contributed by atoms with E-state index >= 15 is 0 Å². The van der Waals surface area contributed by atoms with E-state index in [1.165, 1.54) is 19.3 Å². The topological polar surface area (TPSA) is 85.8 Å². The second kappa shape index (κ2) is 6.91. The summed E-state index contributed by atoms with van der Waals surface area (Å²) in [4.78, 5) is 11.1. The van der Waals surface area contributed by atoms with E-state index in [1.54, 1.807) is 11.8 Å². The lowest BCUT2D eigenvalue weighted by Crippen LogP contribution is -2.30. The fourth-order valence-electron chi connectivity index (χ4n) is 2.19. The first-order valence-corrected chi connectivity index (χ1v) is 7.67. The number of aryl methyl sites for hydroxylation is 1. The van der Waals surface area contributed by atoms with Crippen molar-refractivity contribution in [2.45, 2.75) is 62.4 Å². The number of nitrogens with zero attached hydrogens (tertiary/aromatic N) is 3. The molecule has 1 aliphatic heterocycles. The Kier molecular flexibility index (Phi) is 5.21. The fraction of sp³-hybridized carbons (Fsp3) is 0.750. The number of carbonyl (C=O) groups is 1. The summed E-state index contributed by atoms with van der Waals surface area (Å²) in [5.41, 5.74) is 2.16. The highest BCUT2D eigenvalue weighted by Gasteiger charge is 2.17. The highest BCUT2D eigenvalue weighted by Crippen LogP contribution is 2.27. The van der Waals surface area contributed by atoms with E-state index in [9.17, 15) is 4.79 Å². The maximum absolute atomic E-state index is 11.1. The van der Waals surface area contributed by atoms with E-state index in [-0.39, 0.29) is 5.91 Å². The molecule has 1 unspecified atom stereocenters. The Labute approximate surface area is 117 Å². The zero-order valence-electron chi connectivity index (χ0n) is 11.3. The highest BCUT2D eigenvalue weighted by atomic mass is 32.2. The van der Waals surface area contributed by atoms with E-state index in [1.807, 2.05) is 0 Å². The Hall–Kier alpha value is -1.08. The van der Waals surface area contributed by atoms with Gasteiger partial charge in [0, 0.05) is 24.6 Å². The van der Waals surface area contributed by atoms with Crippen LogP contribution >= 0.6 is 11.8 Å². The molecule has 6 nitrogen and oxygen atoms in total. The lowest BCUT2D eigenvalue weighted by molar-refractivity contribution is -0.121. The van der Waals surface area contributed by atoms with Crippen molar-refractivity contribution in [3.05, 3.63) is 5.82 Å². The van der Waals surface area contributed by atoms with Crippen LogP contribution in [0.4, 0.5) is 0 Å². The predicted molar refractivity (Wildman–Crippen MR) is 74.5 cm³/mol. The van der Waals surface area contributed by atoms with Crippen LogP contribution in [0.5, 0.6) is 0 Å². The van der Waals surface area contributed by atoms with Gasteiger partial charge < -0.3 is 4.57 Å². The van der Waals surface area contributed by atoms with Gasteiger partial charge in [0.25, 0.3) is 0 Å². The second-order valence-electron chi connectivity index (χ2n) is 4.90. The van der Waals surface area contributed by atoms with Gasteiger partial charge >= 0.3 is 0 Å². The molecule has 1 aromatic rings. The van der Waals surface area contributed by atoms with Crippen LogP contribution in [0, 0.1) is 0 Å². The van der Waals surface area contributed by atoms with Gasteiger partial charge in [0.1, 0.15) is 5.82 Å². The van der Waals surface area contributed by atoms with E-state index in [2.05, 4.69) is 27.1 Å². The van der Waals surface area contributed by atoms with E-state index in [0.29, 0.717) is 11.7 Å². The Balaban J connectivity index is 1.92. The van der Waals surface area contributed by atoms with Gasteiger partial charge in [-0.3, -0.25) is 10.2 Å². The molecule has 1 atom stereocenters. The fourth-order valence-corrected chi connectivity index (χ4v) is 3.20. The van der Waals surface area contributed by atoms with Gasteiger partial charge in [-0.2, -0.15) is 0 Å². The number of hydrogen-bond acceptors (Lipinski definition) is 5. The third kappa shape index (κ3) is 3.94. The van der Waals surface area contributed by atoms with Crippen LogP contribution in [0.25, 0.3) is 0 Å². The molecule has 19 heavy (non-hydrogen) atoms. The van der Waals surface area contributed by atoms with E-state index < -0.39 is 0 Å². The molecule has 2 rings (SSSR count). The first-order valence-electron chi connectivity index (χ1n) is 6.79. The molecule has 0 aromatic carbocycles. The first kappa shape index (κ1) is 14.3. The van der Waals surface area contributed by atoms with Crippen molar-refractivity contribution >= 4 is 17.7 Å². The van der Waals surface area contributed by atoms with Gasteiger partial charge in [0.15, 0.2) is 5.16 Å². The second-order valence-corrected chi connectivity index (χ2v) is 6.30. The zero-order chi connectivity index (χ0) is 13.7. The number of thioether (sulfide) groups is 1. The molecule has 1 aromatic heterocycles. The number of amides is 1. The molecule has 2 heterocycles. The Morgan fingerprint density at radius 3 is 3.11 bits per heavy atom. The average molecular weight is 283 g/mol. The minimum absolute atomic E-state index is 0.118. The van der Waals surface area contributed by atoms with Crippen LogP contribution in [0.3, 0.4) is 0 Å². The van der Waals surface area contributed by atoms with E-state index in [0.717, 1.165) is 30.4 Å². The van der Waals surface area contributed by atoms with Crippen LogP contribution in [0.2, 0.25) is 0 Å². The van der Waals surface area contributed by atoms with Crippen LogP contribution in [-0.2, 0) is 17.8 Å². The van der Waals surface area contributed by atoms with Crippen LogP contribution < -0.4 is 11.3 Å². The van der Waals surface area contributed by atoms with Gasteiger partial charge in [-0.25, -0.2) is 5.84 Å². The normalized spacial score (nSPS) is 16.5. The molecule has 0 saturated heterocycles. The van der Waals surface area contributed by atoms with Gasteiger partial charge in [-0.15, -0.1) is 10.2 Å². The predicted octanol–water partition coefficient (Wildman–Crippen LogP) is 1.26. The summed E-state index contributed by atoms with van der Waals surface area (Å²) in [5, 5.41) is 9.86. The summed E-state index contributed by atoms with van der Waals surface area (Å²) in [5.74, 6) is 6.06. The lowest BCUT2D eigenvalue weighted by Gasteiger charge is -2.11. The molecule has 0 bridgehead atoms. The quantitative estimate of drug-likeness (QED) is 0.368. The smallest absolute Gasteiger partial charge is 0.233 e. The van der Waals surface area contributed by atoms with Crippen LogP contribution in [-0.4, -0.2) is 25.9 Å². The monoisotopic (exact) mass is 283 g/mol. The number of nitrogens with two attached hydrogens (primary N) is 1. The number of nitrogens with one attached hydrogen (secondary N) is 1. The molecule has 0 fully saturated rings. The third-order valence-electron chi connectivity index (χ3n) is 3.32. The maximum atomic E-state index is 11.1. The largest absolute Gasteiger partial charge is 0.306 e.